The fourth-order valence-electron chi connectivity index (χ4n) is 1.19. The van der Waals surface area contributed by atoms with Gasteiger partial charge in [0.2, 0.25) is 0 Å². The molecule has 58 valence electrons. The van der Waals surface area contributed by atoms with Crippen LogP contribution in [0.25, 0.3) is 0 Å². The van der Waals surface area contributed by atoms with E-state index in [4.69, 9.17) is 4.74 Å². The van der Waals surface area contributed by atoms with Gasteiger partial charge >= 0.3 is 0 Å². The van der Waals surface area contributed by atoms with Crippen LogP contribution in [0, 0.1) is 5.41 Å². The van der Waals surface area contributed by atoms with Crippen LogP contribution in [-0.4, -0.2) is 19.5 Å². The van der Waals surface area contributed by atoms with Crippen molar-refractivity contribution in [1.82, 2.24) is 0 Å². The summed E-state index contributed by atoms with van der Waals surface area (Å²) in [6.45, 7) is 2.00. The molecule has 2 nitrogen and oxygen atoms in total. The lowest BCUT2D eigenvalue weighted by molar-refractivity contribution is -0.113. The van der Waals surface area contributed by atoms with Crippen LogP contribution in [0.1, 0.15) is 26.2 Å². The van der Waals surface area contributed by atoms with Crippen molar-refractivity contribution in [3.8, 4) is 0 Å². The highest BCUT2D eigenvalue weighted by Crippen LogP contribution is 2.47. The van der Waals surface area contributed by atoms with Gasteiger partial charge in [0, 0.05) is 12.5 Å². The van der Waals surface area contributed by atoms with E-state index < -0.39 is 0 Å². The van der Waals surface area contributed by atoms with Gasteiger partial charge in [-0.15, -0.1) is 0 Å². The summed E-state index contributed by atoms with van der Waals surface area (Å²) >= 11 is 0. The van der Waals surface area contributed by atoms with Crippen molar-refractivity contribution in [2.75, 3.05) is 7.11 Å². The summed E-state index contributed by atoms with van der Waals surface area (Å²) in [5, 5.41) is 0. The maximum atomic E-state index is 10.5. The minimum Gasteiger partial charge on any atom is -0.382 e. The Morgan fingerprint density at radius 2 is 2.30 bits per heavy atom. The van der Waals surface area contributed by atoms with Gasteiger partial charge in [0.25, 0.3) is 0 Å². The highest BCUT2D eigenvalue weighted by atomic mass is 16.5. The molecule has 0 aromatic rings. The first-order valence-corrected chi connectivity index (χ1v) is 3.71. The van der Waals surface area contributed by atoms with Crippen LogP contribution < -0.4 is 0 Å². The lowest BCUT2D eigenvalue weighted by Crippen LogP contribution is -2.14. The van der Waals surface area contributed by atoms with E-state index in [-0.39, 0.29) is 11.5 Å². The van der Waals surface area contributed by atoms with E-state index in [0.717, 1.165) is 25.5 Å². The van der Waals surface area contributed by atoms with E-state index in [2.05, 4.69) is 0 Å². The minimum atomic E-state index is 0.00935. The molecule has 1 rings (SSSR count). The molecule has 0 bridgehead atoms. The average molecular weight is 142 g/mol. The molecule has 0 aliphatic heterocycles. The number of hydrogen-bond acceptors (Lipinski definition) is 2. The monoisotopic (exact) mass is 142 g/mol. The highest BCUT2D eigenvalue weighted by Gasteiger charge is 2.43. The Bertz CT molecular complexity index is 127. The maximum absolute atomic E-state index is 10.5. The molecule has 0 radical (unpaired) electrons. The van der Waals surface area contributed by atoms with Crippen molar-refractivity contribution < 1.29 is 9.53 Å². The Labute approximate surface area is 61.6 Å². The summed E-state index contributed by atoms with van der Waals surface area (Å²) in [6.07, 6.45) is 4.33. The van der Waals surface area contributed by atoms with E-state index in [1.807, 2.05) is 6.92 Å². The van der Waals surface area contributed by atoms with Crippen molar-refractivity contribution >= 4 is 6.29 Å². The Hall–Kier alpha value is -0.370. The van der Waals surface area contributed by atoms with Crippen molar-refractivity contribution in [2.45, 2.75) is 32.3 Å². The summed E-state index contributed by atoms with van der Waals surface area (Å²) in [5.41, 5.74) is 0.00935. The van der Waals surface area contributed by atoms with Gasteiger partial charge in [-0.05, 0) is 26.2 Å². The zero-order valence-corrected chi connectivity index (χ0v) is 6.59. The lowest BCUT2D eigenvalue weighted by Gasteiger charge is -2.12. The Morgan fingerprint density at radius 1 is 1.70 bits per heavy atom. The second-order valence-electron chi connectivity index (χ2n) is 3.23. The summed E-state index contributed by atoms with van der Waals surface area (Å²) in [7, 11) is 1.69. The summed E-state index contributed by atoms with van der Waals surface area (Å²) in [4.78, 5) is 10.5. The third-order valence-electron chi connectivity index (χ3n) is 2.24. The summed E-state index contributed by atoms with van der Waals surface area (Å²) in [6, 6.07) is 0. The van der Waals surface area contributed by atoms with Gasteiger partial charge < -0.3 is 9.53 Å². The molecule has 1 unspecified atom stereocenters. The molecule has 1 aliphatic rings. The van der Waals surface area contributed by atoms with Gasteiger partial charge in [0.15, 0.2) is 0 Å². The quantitative estimate of drug-likeness (QED) is 0.554. The number of hydrogen-bond donors (Lipinski definition) is 0. The van der Waals surface area contributed by atoms with Gasteiger partial charge in [-0.1, -0.05) is 0 Å². The van der Waals surface area contributed by atoms with Gasteiger partial charge in [-0.2, -0.15) is 0 Å². The van der Waals surface area contributed by atoms with Crippen LogP contribution in [0.4, 0.5) is 0 Å². The van der Waals surface area contributed by atoms with Crippen LogP contribution in [0.15, 0.2) is 0 Å². The van der Waals surface area contributed by atoms with Crippen LogP contribution >= 0.6 is 0 Å². The van der Waals surface area contributed by atoms with E-state index in [0.29, 0.717) is 0 Å². The predicted molar refractivity (Wildman–Crippen MR) is 38.8 cm³/mol. The molecule has 0 aromatic heterocycles. The minimum absolute atomic E-state index is 0.00935. The molecule has 0 N–H and O–H groups in total. The van der Waals surface area contributed by atoms with Crippen molar-refractivity contribution in [3.63, 3.8) is 0 Å². The fourth-order valence-corrected chi connectivity index (χ4v) is 1.19. The number of carbonyl (C=O) groups is 1. The molecule has 1 aliphatic carbocycles. The van der Waals surface area contributed by atoms with Crippen molar-refractivity contribution in [3.05, 3.63) is 0 Å². The van der Waals surface area contributed by atoms with Gasteiger partial charge in [-0.3, -0.25) is 0 Å². The first-order valence-electron chi connectivity index (χ1n) is 3.71. The van der Waals surface area contributed by atoms with E-state index in [9.17, 15) is 4.79 Å². The number of ether oxygens (including phenoxy) is 1. The Morgan fingerprint density at radius 3 is 2.60 bits per heavy atom. The molecule has 10 heavy (non-hydrogen) atoms. The summed E-state index contributed by atoms with van der Waals surface area (Å²) < 4.78 is 5.07. The average Bonchev–Trinajstić information content (AvgIpc) is 2.70. The van der Waals surface area contributed by atoms with Crippen LogP contribution in [0.3, 0.4) is 0 Å². The predicted octanol–water partition coefficient (Wildman–Crippen LogP) is 1.39. The third kappa shape index (κ3) is 1.57. The standard InChI is InChI=1S/C8H14O2/c1-7(10-2)5-8(6-9)3-4-8/h6-7H,3-5H2,1-2H3. The summed E-state index contributed by atoms with van der Waals surface area (Å²) in [5.74, 6) is 0. The van der Waals surface area contributed by atoms with Crippen molar-refractivity contribution in [1.29, 1.82) is 0 Å². The number of aldehydes is 1. The van der Waals surface area contributed by atoms with Gasteiger partial charge in [0.1, 0.15) is 6.29 Å². The van der Waals surface area contributed by atoms with E-state index in [1.165, 1.54) is 0 Å². The van der Waals surface area contributed by atoms with E-state index in [1.54, 1.807) is 7.11 Å². The molecule has 1 saturated carbocycles. The van der Waals surface area contributed by atoms with Crippen LogP contribution in [-0.2, 0) is 9.53 Å². The molecule has 0 saturated heterocycles. The number of carbonyl (C=O) groups excluding carboxylic acids is 1. The molecule has 1 atom stereocenters. The first kappa shape index (κ1) is 7.73. The van der Waals surface area contributed by atoms with Crippen LogP contribution in [0.5, 0.6) is 0 Å². The van der Waals surface area contributed by atoms with Gasteiger partial charge in [0.05, 0.1) is 6.10 Å². The molecular formula is C8H14O2. The van der Waals surface area contributed by atoms with E-state index >= 15 is 0 Å². The molecule has 0 spiro atoms. The Balaban J connectivity index is 2.30. The van der Waals surface area contributed by atoms with Gasteiger partial charge in [-0.25, -0.2) is 0 Å². The SMILES string of the molecule is COC(C)CC1(C=O)CC1. The molecular weight excluding hydrogens is 128 g/mol. The number of rotatable bonds is 4. The highest BCUT2D eigenvalue weighted by molar-refractivity contribution is 5.63. The third-order valence-corrected chi connectivity index (χ3v) is 2.24. The first-order chi connectivity index (χ1) is 4.72. The molecule has 2 heteroatoms. The Kier molecular flexibility index (Phi) is 2.09. The molecule has 0 heterocycles. The second kappa shape index (κ2) is 2.70. The largest absolute Gasteiger partial charge is 0.382 e. The molecule has 0 amide bonds. The topological polar surface area (TPSA) is 26.3 Å². The van der Waals surface area contributed by atoms with Crippen molar-refractivity contribution in [2.24, 2.45) is 5.41 Å². The molecule has 1 fully saturated rings. The maximum Gasteiger partial charge on any atom is 0.126 e. The lowest BCUT2D eigenvalue weighted by atomic mass is 10.0. The second-order valence-corrected chi connectivity index (χ2v) is 3.23. The normalized spacial score (nSPS) is 23.8. The fraction of sp³-hybridized carbons (Fsp3) is 0.875. The smallest absolute Gasteiger partial charge is 0.126 e. The number of methoxy groups -OCH3 is 1. The molecule has 0 aromatic carbocycles. The van der Waals surface area contributed by atoms with Crippen LogP contribution in [0.2, 0.25) is 0 Å². The zero-order chi connectivity index (χ0) is 7.61. The zero-order valence-electron chi connectivity index (χ0n) is 6.59.